The zero-order valence-corrected chi connectivity index (χ0v) is 18.3. The van der Waals surface area contributed by atoms with Crippen molar-refractivity contribution in [1.29, 1.82) is 0 Å². The van der Waals surface area contributed by atoms with Gasteiger partial charge in [-0.05, 0) is 59.9 Å². The van der Waals surface area contributed by atoms with Crippen LogP contribution in [0.3, 0.4) is 0 Å². The van der Waals surface area contributed by atoms with Gasteiger partial charge in [-0.1, -0.05) is 42.5 Å². The zero-order valence-electron chi connectivity index (χ0n) is 18.3. The lowest BCUT2D eigenvalue weighted by molar-refractivity contribution is -0.127. The molecule has 4 rings (SSSR count). The van der Waals surface area contributed by atoms with Gasteiger partial charge in [-0.25, -0.2) is 0 Å². The molecule has 0 bridgehead atoms. The number of rotatable bonds is 7. The van der Waals surface area contributed by atoms with Crippen LogP contribution in [0.1, 0.15) is 35.1 Å². The average molecular weight is 426 g/mol. The third kappa shape index (κ3) is 5.30. The van der Waals surface area contributed by atoms with Crippen LogP contribution in [0, 0.1) is 6.92 Å². The number of benzene rings is 2. The first kappa shape index (κ1) is 21.5. The molecular weight excluding hydrogens is 398 g/mol. The van der Waals surface area contributed by atoms with Crippen molar-refractivity contribution in [2.75, 3.05) is 11.4 Å². The molecule has 0 saturated carbocycles. The number of amides is 2. The van der Waals surface area contributed by atoms with Crippen molar-refractivity contribution in [3.63, 3.8) is 0 Å². The summed E-state index contributed by atoms with van der Waals surface area (Å²) < 4.78 is 0. The fourth-order valence-electron chi connectivity index (χ4n) is 3.88. The van der Waals surface area contributed by atoms with E-state index >= 15 is 0 Å². The summed E-state index contributed by atoms with van der Waals surface area (Å²) in [6.07, 6.45) is 8.49. The number of hydrogen-bond acceptors (Lipinski definition) is 3. The average Bonchev–Trinajstić information content (AvgIpc) is 3.25. The third-order valence-electron chi connectivity index (χ3n) is 5.73. The molecule has 5 nitrogen and oxygen atoms in total. The smallest absolute Gasteiger partial charge is 0.247 e. The molecule has 32 heavy (non-hydrogen) atoms. The van der Waals surface area contributed by atoms with E-state index in [9.17, 15) is 9.59 Å². The topological polar surface area (TPSA) is 53.5 Å². The summed E-state index contributed by atoms with van der Waals surface area (Å²) in [4.78, 5) is 32.9. The summed E-state index contributed by atoms with van der Waals surface area (Å²) in [7, 11) is 0. The highest BCUT2D eigenvalue weighted by Gasteiger charge is 2.21. The van der Waals surface area contributed by atoms with E-state index in [0.29, 0.717) is 19.5 Å². The van der Waals surface area contributed by atoms with Crippen LogP contribution in [0.2, 0.25) is 0 Å². The number of anilines is 1. The van der Waals surface area contributed by atoms with Crippen LogP contribution in [0.5, 0.6) is 0 Å². The van der Waals surface area contributed by atoms with Crippen LogP contribution in [-0.2, 0) is 22.7 Å². The fourth-order valence-corrected chi connectivity index (χ4v) is 3.88. The van der Waals surface area contributed by atoms with Crippen LogP contribution in [-0.4, -0.2) is 28.2 Å². The SMILES string of the molecule is Cc1ccccc1CN(Cc1cccnc1)C(=O)/C=C/c1ccc(N2CCCC2=O)cc1. The summed E-state index contributed by atoms with van der Waals surface area (Å²) in [6.45, 7) is 3.85. The number of nitrogens with zero attached hydrogens (tertiary/aromatic N) is 3. The molecular formula is C27H27N3O2. The Balaban J connectivity index is 1.49. The summed E-state index contributed by atoms with van der Waals surface area (Å²) in [5.74, 6) is 0.113. The van der Waals surface area contributed by atoms with Gasteiger partial charge in [0.15, 0.2) is 0 Å². The Morgan fingerprint density at radius 2 is 1.88 bits per heavy atom. The largest absolute Gasteiger partial charge is 0.330 e. The highest BCUT2D eigenvalue weighted by molar-refractivity contribution is 5.95. The van der Waals surface area contributed by atoms with Gasteiger partial charge in [-0.3, -0.25) is 14.6 Å². The Morgan fingerprint density at radius 1 is 1.06 bits per heavy atom. The minimum absolute atomic E-state index is 0.0593. The van der Waals surface area contributed by atoms with Crippen LogP contribution in [0.15, 0.2) is 79.1 Å². The molecule has 0 unspecified atom stereocenters. The van der Waals surface area contributed by atoms with Gasteiger partial charge < -0.3 is 9.80 Å². The normalized spacial score (nSPS) is 13.7. The second-order valence-electron chi connectivity index (χ2n) is 8.06. The number of aromatic nitrogens is 1. The first-order valence-electron chi connectivity index (χ1n) is 10.9. The molecule has 1 aromatic heterocycles. The number of pyridine rings is 1. The standard InChI is InChI=1S/C27H27N3O2/c1-21-6-2-3-8-24(21)20-29(19-23-7-4-16-28-18-23)26(31)15-12-22-10-13-25(14-11-22)30-17-5-9-27(30)32/h2-4,6-8,10-16,18H,5,9,17,19-20H2,1H3/b15-12+. The maximum Gasteiger partial charge on any atom is 0.247 e. The van der Waals surface area contributed by atoms with Crippen molar-refractivity contribution in [1.82, 2.24) is 9.88 Å². The van der Waals surface area contributed by atoms with Gasteiger partial charge >= 0.3 is 0 Å². The third-order valence-corrected chi connectivity index (χ3v) is 5.73. The maximum atomic E-state index is 13.1. The van der Waals surface area contributed by atoms with E-state index in [4.69, 9.17) is 0 Å². The van der Waals surface area contributed by atoms with Crippen LogP contribution in [0.4, 0.5) is 5.69 Å². The van der Waals surface area contributed by atoms with E-state index in [1.807, 2.05) is 64.4 Å². The number of hydrogen-bond donors (Lipinski definition) is 0. The van der Waals surface area contributed by atoms with Crippen molar-refractivity contribution in [3.05, 3.63) is 101 Å². The van der Waals surface area contributed by atoms with E-state index in [-0.39, 0.29) is 11.8 Å². The van der Waals surface area contributed by atoms with E-state index in [1.54, 1.807) is 18.5 Å². The molecule has 0 atom stereocenters. The Labute approximate surface area is 189 Å². The van der Waals surface area contributed by atoms with Crippen LogP contribution in [0.25, 0.3) is 6.08 Å². The predicted molar refractivity (Wildman–Crippen MR) is 127 cm³/mol. The lowest BCUT2D eigenvalue weighted by atomic mass is 10.1. The van der Waals surface area contributed by atoms with Crippen LogP contribution < -0.4 is 4.90 Å². The maximum absolute atomic E-state index is 13.1. The summed E-state index contributed by atoms with van der Waals surface area (Å²) in [6, 6.07) is 19.7. The highest BCUT2D eigenvalue weighted by Crippen LogP contribution is 2.22. The molecule has 0 aliphatic carbocycles. The molecule has 162 valence electrons. The molecule has 5 heteroatoms. The van der Waals surface area contributed by atoms with Crippen molar-refractivity contribution < 1.29 is 9.59 Å². The predicted octanol–water partition coefficient (Wildman–Crippen LogP) is 4.76. The number of aryl methyl sites for hydroxylation is 1. The van der Waals surface area contributed by atoms with Crippen LogP contribution >= 0.6 is 0 Å². The molecule has 0 radical (unpaired) electrons. The molecule has 3 aromatic rings. The summed E-state index contributed by atoms with van der Waals surface area (Å²) in [5.41, 5.74) is 5.10. The molecule has 2 heterocycles. The molecule has 2 amide bonds. The van der Waals surface area contributed by atoms with E-state index in [2.05, 4.69) is 24.0 Å². The van der Waals surface area contributed by atoms with Gasteiger partial charge in [0, 0.05) is 50.2 Å². The van der Waals surface area contributed by atoms with E-state index in [0.717, 1.165) is 40.9 Å². The molecule has 1 aliphatic rings. The molecule has 1 aliphatic heterocycles. The Morgan fingerprint density at radius 3 is 2.56 bits per heavy atom. The highest BCUT2D eigenvalue weighted by atomic mass is 16.2. The first-order valence-corrected chi connectivity index (χ1v) is 10.9. The molecule has 0 spiro atoms. The Hall–Kier alpha value is -3.73. The first-order chi connectivity index (χ1) is 15.6. The summed E-state index contributed by atoms with van der Waals surface area (Å²) in [5, 5.41) is 0. The molecule has 1 saturated heterocycles. The quantitative estimate of drug-likeness (QED) is 0.513. The lowest BCUT2D eigenvalue weighted by Gasteiger charge is -2.22. The van der Waals surface area contributed by atoms with Gasteiger partial charge in [-0.2, -0.15) is 0 Å². The molecule has 1 fully saturated rings. The fraction of sp³-hybridized carbons (Fsp3) is 0.222. The number of carbonyl (C=O) groups excluding carboxylic acids is 2. The molecule has 0 N–H and O–H groups in total. The zero-order chi connectivity index (χ0) is 22.3. The second kappa shape index (κ2) is 10.1. The van der Waals surface area contributed by atoms with E-state index in [1.165, 1.54) is 0 Å². The second-order valence-corrected chi connectivity index (χ2v) is 8.06. The van der Waals surface area contributed by atoms with Crippen molar-refractivity contribution >= 4 is 23.6 Å². The minimum Gasteiger partial charge on any atom is -0.330 e. The van der Waals surface area contributed by atoms with Crippen molar-refractivity contribution in [2.24, 2.45) is 0 Å². The summed E-state index contributed by atoms with van der Waals surface area (Å²) >= 11 is 0. The van der Waals surface area contributed by atoms with Gasteiger partial charge in [-0.15, -0.1) is 0 Å². The van der Waals surface area contributed by atoms with Gasteiger partial charge in [0.1, 0.15) is 0 Å². The number of carbonyl (C=O) groups is 2. The van der Waals surface area contributed by atoms with Crippen molar-refractivity contribution in [3.8, 4) is 0 Å². The van der Waals surface area contributed by atoms with Gasteiger partial charge in [0.2, 0.25) is 11.8 Å². The monoisotopic (exact) mass is 425 g/mol. The van der Waals surface area contributed by atoms with Gasteiger partial charge in [0.25, 0.3) is 0 Å². The Bertz CT molecular complexity index is 1110. The van der Waals surface area contributed by atoms with Crippen molar-refractivity contribution in [2.45, 2.75) is 32.9 Å². The molecule has 2 aromatic carbocycles. The van der Waals surface area contributed by atoms with E-state index < -0.39 is 0 Å². The Kier molecular flexibility index (Phi) is 6.75. The van der Waals surface area contributed by atoms with Gasteiger partial charge in [0.05, 0.1) is 0 Å². The minimum atomic E-state index is -0.0593. The lowest BCUT2D eigenvalue weighted by Crippen LogP contribution is -2.28.